The molecule has 0 fully saturated rings. The van der Waals surface area contributed by atoms with Gasteiger partial charge in [-0.25, -0.2) is 0 Å². The molecule has 150 valence electrons. The van der Waals surface area contributed by atoms with Crippen molar-refractivity contribution >= 4 is 23.2 Å². The van der Waals surface area contributed by atoms with Gasteiger partial charge in [-0.1, -0.05) is 12.1 Å². The first-order valence-electron chi connectivity index (χ1n) is 9.58. The maximum atomic E-state index is 13.2. The second kappa shape index (κ2) is 7.11. The van der Waals surface area contributed by atoms with Crippen molar-refractivity contribution in [1.82, 2.24) is 0 Å². The summed E-state index contributed by atoms with van der Waals surface area (Å²) < 4.78 is 16.6. The molecule has 0 bridgehead atoms. The number of amides is 2. The Hall–Kier alpha value is -4.00. The van der Waals surface area contributed by atoms with E-state index in [0.29, 0.717) is 52.0 Å². The van der Waals surface area contributed by atoms with E-state index in [1.54, 1.807) is 41.3 Å². The predicted octanol–water partition coefficient (Wildman–Crippen LogP) is 4.44. The summed E-state index contributed by atoms with van der Waals surface area (Å²) in [6.07, 6.45) is 0. The van der Waals surface area contributed by atoms with Crippen LogP contribution in [0.1, 0.15) is 27.6 Å². The minimum Gasteiger partial charge on any atom is -0.454 e. The molecule has 2 aliphatic rings. The second-order valence-corrected chi connectivity index (χ2v) is 6.85. The molecule has 2 aliphatic heterocycles. The highest BCUT2D eigenvalue weighted by Crippen LogP contribution is 2.39. The van der Waals surface area contributed by atoms with Crippen LogP contribution in [0.5, 0.6) is 23.0 Å². The molecule has 0 saturated carbocycles. The van der Waals surface area contributed by atoms with E-state index in [4.69, 9.17) is 14.2 Å². The summed E-state index contributed by atoms with van der Waals surface area (Å²) in [4.78, 5) is 27.5. The minimum atomic E-state index is -0.314. The molecule has 0 saturated heterocycles. The summed E-state index contributed by atoms with van der Waals surface area (Å²) in [5.74, 6) is 1.71. The number of nitrogens with zero attached hydrogens (tertiary/aromatic N) is 1. The quantitative estimate of drug-likeness (QED) is 0.701. The second-order valence-electron chi connectivity index (χ2n) is 6.85. The van der Waals surface area contributed by atoms with Gasteiger partial charge in [-0.15, -0.1) is 0 Å². The fourth-order valence-corrected chi connectivity index (χ4v) is 3.56. The molecule has 2 heterocycles. The molecule has 2 amide bonds. The number of carbonyl (C=O) groups is 2. The van der Waals surface area contributed by atoms with Crippen LogP contribution in [-0.2, 0) is 0 Å². The zero-order chi connectivity index (χ0) is 20.7. The molecule has 7 nitrogen and oxygen atoms in total. The number of benzene rings is 3. The van der Waals surface area contributed by atoms with E-state index in [1.807, 2.05) is 31.2 Å². The average molecular weight is 402 g/mol. The predicted molar refractivity (Wildman–Crippen MR) is 111 cm³/mol. The molecule has 0 radical (unpaired) electrons. The van der Waals surface area contributed by atoms with Crippen LogP contribution in [0.2, 0.25) is 0 Å². The van der Waals surface area contributed by atoms with Gasteiger partial charge in [0.25, 0.3) is 11.8 Å². The lowest BCUT2D eigenvalue weighted by molar-refractivity contribution is 0.0985. The number of carbonyl (C=O) groups excluding carboxylic acids is 2. The highest BCUT2D eigenvalue weighted by Gasteiger charge is 2.27. The molecular weight excluding hydrogens is 384 g/mol. The Morgan fingerprint density at radius 3 is 2.63 bits per heavy atom. The Labute approximate surface area is 172 Å². The number of rotatable bonds is 3. The Balaban J connectivity index is 1.45. The van der Waals surface area contributed by atoms with Crippen molar-refractivity contribution in [2.24, 2.45) is 0 Å². The van der Waals surface area contributed by atoms with Gasteiger partial charge in [0.2, 0.25) is 6.79 Å². The lowest BCUT2D eigenvalue weighted by Crippen LogP contribution is -2.29. The molecule has 3 aromatic carbocycles. The monoisotopic (exact) mass is 402 g/mol. The van der Waals surface area contributed by atoms with E-state index in [-0.39, 0.29) is 18.6 Å². The molecular formula is C23H18N2O5. The third kappa shape index (κ3) is 3.00. The standard InChI is InChI=1S/C23H18N2O5/c1-2-25-17-5-3-4-6-19(17)30-18-10-8-15(12-16(18)23(25)27)24-22(26)14-7-9-20-21(11-14)29-13-28-20/h3-12H,2,13H2,1H3,(H,24,26). The van der Waals surface area contributed by atoms with E-state index in [1.165, 1.54) is 0 Å². The van der Waals surface area contributed by atoms with Gasteiger partial charge < -0.3 is 24.4 Å². The van der Waals surface area contributed by atoms with Crippen LogP contribution in [0.15, 0.2) is 60.7 Å². The maximum absolute atomic E-state index is 13.2. The van der Waals surface area contributed by atoms with Gasteiger partial charge in [0.15, 0.2) is 17.2 Å². The third-order valence-corrected chi connectivity index (χ3v) is 5.04. The highest BCUT2D eigenvalue weighted by molar-refractivity contribution is 6.11. The first-order valence-corrected chi connectivity index (χ1v) is 9.58. The van der Waals surface area contributed by atoms with Crippen molar-refractivity contribution in [2.75, 3.05) is 23.6 Å². The number of hydrogen-bond donors (Lipinski definition) is 1. The SMILES string of the molecule is CCN1C(=O)c2cc(NC(=O)c3ccc4c(c3)OCO4)ccc2Oc2ccccc21. The zero-order valence-corrected chi connectivity index (χ0v) is 16.2. The fraction of sp³-hybridized carbons (Fsp3) is 0.130. The minimum absolute atomic E-state index is 0.143. The molecule has 1 N–H and O–H groups in total. The zero-order valence-electron chi connectivity index (χ0n) is 16.2. The summed E-state index contributed by atoms with van der Waals surface area (Å²) in [5.41, 5.74) is 2.03. The van der Waals surface area contributed by atoms with Gasteiger partial charge >= 0.3 is 0 Å². The number of ether oxygens (including phenoxy) is 3. The van der Waals surface area contributed by atoms with E-state index in [0.717, 1.165) is 0 Å². The van der Waals surface area contributed by atoms with Crippen molar-refractivity contribution in [1.29, 1.82) is 0 Å². The first-order chi connectivity index (χ1) is 14.6. The van der Waals surface area contributed by atoms with Crippen LogP contribution in [0.3, 0.4) is 0 Å². The molecule has 0 aliphatic carbocycles. The van der Waals surface area contributed by atoms with Crippen LogP contribution in [-0.4, -0.2) is 25.2 Å². The van der Waals surface area contributed by atoms with Gasteiger partial charge in [-0.05, 0) is 55.5 Å². The van der Waals surface area contributed by atoms with Gasteiger partial charge in [0, 0.05) is 17.8 Å². The van der Waals surface area contributed by atoms with Crippen molar-refractivity contribution < 1.29 is 23.8 Å². The van der Waals surface area contributed by atoms with Crippen molar-refractivity contribution in [3.8, 4) is 23.0 Å². The molecule has 0 atom stereocenters. The van der Waals surface area contributed by atoms with E-state index < -0.39 is 0 Å². The molecule has 5 rings (SSSR count). The molecule has 3 aromatic rings. The summed E-state index contributed by atoms with van der Waals surface area (Å²) in [6, 6.07) is 17.4. The van der Waals surface area contributed by atoms with E-state index >= 15 is 0 Å². The third-order valence-electron chi connectivity index (χ3n) is 5.04. The Morgan fingerprint density at radius 2 is 1.77 bits per heavy atom. The average Bonchev–Trinajstić information content (AvgIpc) is 3.19. The van der Waals surface area contributed by atoms with Gasteiger partial charge in [-0.2, -0.15) is 0 Å². The van der Waals surface area contributed by atoms with Gasteiger partial charge in [0.1, 0.15) is 5.75 Å². The molecule has 30 heavy (non-hydrogen) atoms. The first kappa shape index (κ1) is 18.1. The van der Waals surface area contributed by atoms with Crippen molar-refractivity contribution in [3.63, 3.8) is 0 Å². The smallest absolute Gasteiger partial charge is 0.262 e. The molecule has 0 aromatic heterocycles. The summed E-state index contributed by atoms with van der Waals surface area (Å²) in [6.45, 7) is 2.54. The Kier molecular flexibility index (Phi) is 4.28. The van der Waals surface area contributed by atoms with Crippen LogP contribution >= 0.6 is 0 Å². The van der Waals surface area contributed by atoms with Crippen LogP contribution in [0.25, 0.3) is 0 Å². The van der Waals surface area contributed by atoms with E-state index in [2.05, 4.69) is 5.32 Å². The summed E-state index contributed by atoms with van der Waals surface area (Å²) >= 11 is 0. The van der Waals surface area contributed by atoms with Crippen molar-refractivity contribution in [3.05, 3.63) is 71.8 Å². The molecule has 7 heteroatoms. The van der Waals surface area contributed by atoms with Crippen molar-refractivity contribution in [2.45, 2.75) is 6.92 Å². The lowest BCUT2D eigenvalue weighted by Gasteiger charge is -2.19. The maximum Gasteiger partial charge on any atom is 0.262 e. The van der Waals surface area contributed by atoms with Gasteiger partial charge in [-0.3, -0.25) is 9.59 Å². The normalized spacial score (nSPS) is 13.8. The number of para-hydroxylation sites is 2. The Bertz CT molecular complexity index is 1170. The number of nitrogens with one attached hydrogen (secondary N) is 1. The summed E-state index contributed by atoms with van der Waals surface area (Å²) in [7, 11) is 0. The van der Waals surface area contributed by atoms with Crippen LogP contribution in [0, 0.1) is 0 Å². The highest BCUT2D eigenvalue weighted by atomic mass is 16.7. The largest absolute Gasteiger partial charge is 0.454 e. The van der Waals surface area contributed by atoms with Gasteiger partial charge in [0.05, 0.1) is 11.3 Å². The fourth-order valence-electron chi connectivity index (χ4n) is 3.56. The number of anilines is 2. The Morgan fingerprint density at radius 1 is 0.967 bits per heavy atom. The van der Waals surface area contributed by atoms with E-state index in [9.17, 15) is 9.59 Å². The number of hydrogen-bond acceptors (Lipinski definition) is 5. The topological polar surface area (TPSA) is 77.1 Å². The van der Waals surface area contributed by atoms with Crippen LogP contribution < -0.4 is 24.4 Å². The molecule has 0 unspecified atom stereocenters. The number of fused-ring (bicyclic) bond motifs is 3. The summed E-state index contributed by atoms with van der Waals surface area (Å²) in [5, 5.41) is 2.83. The van der Waals surface area contributed by atoms with Crippen LogP contribution in [0.4, 0.5) is 11.4 Å². The lowest BCUT2D eigenvalue weighted by atomic mass is 10.1. The molecule has 0 spiro atoms.